The molecule has 0 radical (unpaired) electrons. The lowest BCUT2D eigenvalue weighted by Crippen LogP contribution is -1.84. The molecule has 4 nitrogen and oxygen atoms in total. The van der Waals surface area contributed by atoms with Gasteiger partial charge in [-0.05, 0) is 43.5 Å². The van der Waals surface area contributed by atoms with Gasteiger partial charge >= 0.3 is 0 Å². The highest BCUT2D eigenvalue weighted by atomic mass is 14.8. The van der Waals surface area contributed by atoms with Gasteiger partial charge in [0.15, 0.2) is 0 Å². The average Bonchev–Trinajstić information content (AvgIpc) is 2.61. The fourth-order valence-corrected chi connectivity index (χ4v) is 1.85. The van der Waals surface area contributed by atoms with Gasteiger partial charge < -0.3 is 0 Å². The van der Waals surface area contributed by atoms with Gasteiger partial charge in [-0.3, -0.25) is 0 Å². The third-order valence-corrected chi connectivity index (χ3v) is 3.05. The lowest BCUT2D eigenvalue weighted by molar-refractivity contribution is 0.698. The zero-order chi connectivity index (χ0) is 16.0. The predicted molar refractivity (Wildman–Crippen MR) is 95.5 cm³/mol. The van der Waals surface area contributed by atoms with Crippen molar-refractivity contribution >= 4 is 23.4 Å². The van der Waals surface area contributed by atoms with E-state index in [4.69, 9.17) is 0 Å². The first-order valence-electron chi connectivity index (χ1n) is 7.80. The predicted octanol–water partition coefficient (Wildman–Crippen LogP) is 5.17. The van der Waals surface area contributed by atoms with Crippen molar-refractivity contribution in [1.29, 1.82) is 0 Å². The highest BCUT2D eigenvalue weighted by Gasteiger charge is 1.87. The maximum atomic E-state index is 4.16. The van der Waals surface area contributed by atoms with Gasteiger partial charge in [-0.2, -0.15) is 9.98 Å². The Kier molecular flexibility index (Phi) is 7.82. The Hall–Kier alpha value is -2.80. The molecular weight excluding hydrogens is 284 g/mol. The third-order valence-electron chi connectivity index (χ3n) is 3.05. The lowest BCUT2D eigenvalue weighted by atomic mass is 10.2. The van der Waals surface area contributed by atoms with Crippen molar-refractivity contribution in [1.82, 2.24) is 0 Å². The molecule has 0 fully saturated rings. The Bertz CT molecular complexity index is 618. The fraction of sp³-hybridized carbons (Fsp3) is 0.263. The van der Waals surface area contributed by atoms with Crippen LogP contribution in [0.3, 0.4) is 0 Å². The van der Waals surface area contributed by atoms with Gasteiger partial charge in [0.05, 0.1) is 23.4 Å². The number of hydrogen-bond acceptors (Lipinski definition) is 4. The summed E-state index contributed by atoms with van der Waals surface area (Å²) in [5.74, 6) is 0. The van der Waals surface area contributed by atoms with Crippen molar-refractivity contribution in [2.45, 2.75) is 19.3 Å². The second-order valence-electron chi connectivity index (χ2n) is 4.92. The second-order valence-corrected chi connectivity index (χ2v) is 4.92. The van der Waals surface area contributed by atoms with Crippen LogP contribution in [-0.4, -0.2) is 25.1 Å². The summed E-state index contributed by atoms with van der Waals surface area (Å²) in [6, 6.07) is 24.9. The molecule has 2 rings (SSSR count). The first-order chi connectivity index (χ1) is 11.4. The van der Waals surface area contributed by atoms with E-state index in [9.17, 15) is 0 Å². The summed E-state index contributed by atoms with van der Waals surface area (Å²) >= 11 is 0. The van der Waals surface area contributed by atoms with E-state index in [1.54, 1.807) is 0 Å². The number of aliphatic imine (C=N–C) groups is 4. The van der Waals surface area contributed by atoms with E-state index in [2.05, 4.69) is 32.0 Å². The van der Waals surface area contributed by atoms with Gasteiger partial charge in [0.25, 0.3) is 0 Å². The Labute approximate surface area is 137 Å². The van der Waals surface area contributed by atoms with Gasteiger partial charge in [0.1, 0.15) is 0 Å². The minimum atomic E-state index is 0.748. The standard InChI is InChI=1S/C19H20N4/c1-4-10-18(11-5-1)22-16-20-14-8-3-9-15-21-17-23-19-12-6-2-7-13-19/h1-2,4-7,10-13H,3,8-9,14-15H2. The van der Waals surface area contributed by atoms with Crippen LogP contribution in [0.4, 0.5) is 11.4 Å². The molecule has 0 aliphatic heterocycles. The number of unbranched alkanes of at least 4 members (excludes halogenated alkanes) is 2. The van der Waals surface area contributed by atoms with E-state index >= 15 is 0 Å². The average molecular weight is 304 g/mol. The monoisotopic (exact) mass is 304 g/mol. The summed E-state index contributed by atoms with van der Waals surface area (Å²) in [5.41, 5.74) is 1.76. The summed E-state index contributed by atoms with van der Waals surface area (Å²) in [5, 5.41) is 0. The maximum Gasteiger partial charge on any atom is 0.0948 e. The van der Waals surface area contributed by atoms with Crippen molar-refractivity contribution in [2.75, 3.05) is 13.1 Å². The summed E-state index contributed by atoms with van der Waals surface area (Å²) < 4.78 is 0. The van der Waals surface area contributed by atoms with Crippen LogP contribution >= 0.6 is 0 Å². The summed E-state index contributed by atoms with van der Waals surface area (Å²) in [6.07, 6.45) is 3.11. The van der Waals surface area contributed by atoms with Crippen LogP contribution in [0.2, 0.25) is 0 Å². The molecule has 0 heterocycles. The largest absolute Gasteiger partial charge is 0.225 e. The van der Waals surface area contributed by atoms with Gasteiger partial charge in [-0.25, -0.2) is 9.98 Å². The molecular formula is C19H20N4. The van der Waals surface area contributed by atoms with Gasteiger partial charge in [0.2, 0.25) is 0 Å². The number of benzene rings is 2. The highest BCUT2D eigenvalue weighted by Crippen LogP contribution is 2.08. The molecule has 2 aromatic carbocycles. The molecule has 4 heteroatoms. The number of para-hydroxylation sites is 2. The Morgan fingerprint density at radius 2 is 1.00 bits per heavy atom. The Morgan fingerprint density at radius 1 is 0.565 bits per heavy atom. The van der Waals surface area contributed by atoms with Crippen molar-refractivity contribution in [3.05, 3.63) is 60.7 Å². The molecule has 23 heavy (non-hydrogen) atoms. The zero-order valence-corrected chi connectivity index (χ0v) is 13.1. The SMILES string of the molecule is C(=NCCCCCN=C=Nc1ccccc1)=Nc1ccccc1. The van der Waals surface area contributed by atoms with E-state index < -0.39 is 0 Å². The van der Waals surface area contributed by atoms with Crippen molar-refractivity contribution in [2.24, 2.45) is 20.0 Å². The third kappa shape index (κ3) is 7.68. The van der Waals surface area contributed by atoms with Crippen LogP contribution in [0.5, 0.6) is 0 Å². The van der Waals surface area contributed by atoms with E-state index in [1.165, 1.54) is 0 Å². The summed E-state index contributed by atoms with van der Waals surface area (Å²) in [7, 11) is 0. The molecule has 0 N–H and O–H groups in total. The number of nitrogens with zero attached hydrogens (tertiary/aromatic N) is 4. The Balaban J connectivity index is 1.56. The normalized spacial score (nSPS) is 9.39. The molecule has 0 aliphatic rings. The summed E-state index contributed by atoms with van der Waals surface area (Å²) in [4.78, 5) is 16.6. The highest BCUT2D eigenvalue weighted by molar-refractivity contribution is 5.52. The van der Waals surface area contributed by atoms with Crippen LogP contribution in [0, 0.1) is 0 Å². The van der Waals surface area contributed by atoms with Crippen LogP contribution in [0.25, 0.3) is 0 Å². The summed E-state index contributed by atoms with van der Waals surface area (Å²) in [6.45, 7) is 1.50. The quantitative estimate of drug-likeness (QED) is 0.477. The van der Waals surface area contributed by atoms with Crippen LogP contribution in [0.15, 0.2) is 80.6 Å². The minimum Gasteiger partial charge on any atom is -0.225 e. The van der Waals surface area contributed by atoms with Crippen LogP contribution < -0.4 is 0 Å². The lowest BCUT2D eigenvalue weighted by Gasteiger charge is -1.92. The molecule has 0 saturated carbocycles. The maximum absolute atomic E-state index is 4.16. The van der Waals surface area contributed by atoms with Crippen LogP contribution in [0.1, 0.15) is 19.3 Å². The van der Waals surface area contributed by atoms with Crippen molar-refractivity contribution in [3.63, 3.8) is 0 Å². The van der Waals surface area contributed by atoms with Gasteiger partial charge in [-0.1, -0.05) is 36.4 Å². The molecule has 0 unspecified atom stereocenters. The first kappa shape index (κ1) is 16.6. The van der Waals surface area contributed by atoms with Gasteiger partial charge in [0, 0.05) is 13.1 Å². The van der Waals surface area contributed by atoms with Crippen molar-refractivity contribution in [3.8, 4) is 0 Å². The Morgan fingerprint density at radius 3 is 1.43 bits per heavy atom. The molecule has 0 bridgehead atoms. The smallest absolute Gasteiger partial charge is 0.0948 e. The first-order valence-corrected chi connectivity index (χ1v) is 7.80. The topological polar surface area (TPSA) is 49.4 Å². The van der Waals surface area contributed by atoms with E-state index in [0.717, 1.165) is 43.7 Å². The van der Waals surface area contributed by atoms with Gasteiger partial charge in [-0.15, -0.1) is 0 Å². The van der Waals surface area contributed by atoms with Crippen molar-refractivity contribution < 1.29 is 0 Å². The molecule has 0 saturated heterocycles. The molecule has 0 aliphatic carbocycles. The van der Waals surface area contributed by atoms with E-state index in [0.29, 0.717) is 0 Å². The molecule has 0 spiro atoms. The molecule has 116 valence electrons. The minimum absolute atomic E-state index is 0.748. The molecule has 0 atom stereocenters. The fourth-order valence-electron chi connectivity index (χ4n) is 1.85. The number of hydrogen-bond donors (Lipinski definition) is 0. The molecule has 2 aromatic rings. The van der Waals surface area contributed by atoms with Crippen LogP contribution in [-0.2, 0) is 0 Å². The zero-order valence-electron chi connectivity index (χ0n) is 13.1. The number of rotatable bonds is 8. The molecule has 0 amide bonds. The van der Waals surface area contributed by atoms with E-state index in [-0.39, 0.29) is 0 Å². The van der Waals surface area contributed by atoms with E-state index in [1.807, 2.05) is 60.7 Å². The second kappa shape index (κ2) is 10.9. The molecule has 0 aromatic heterocycles.